The molecule has 9 heteroatoms. The standard InChI is InChI=1S/C23H34F3N3O.2ClH/c1-3-21(4-2)28-12-14-29(15-13-28)22(30)19-9-7-18(8-10-19)16-27-11-5-6-20(17-27)23(24,25)26;;/h7-10,20-21H,3-6,11-17H2,1-2H3;2*1H. The Morgan fingerprint density at radius 2 is 1.59 bits per heavy atom. The lowest BCUT2D eigenvalue weighted by Gasteiger charge is -2.38. The van der Waals surface area contributed by atoms with Crippen molar-refractivity contribution in [1.82, 2.24) is 14.7 Å². The summed E-state index contributed by atoms with van der Waals surface area (Å²) in [6.45, 7) is 8.96. The lowest BCUT2D eigenvalue weighted by Crippen LogP contribution is -2.51. The van der Waals surface area contributed by atoms with E-state index in [1.165, 1.54) is 0 Å². The monoisotopic (exact) mass is 497 g/mol. The Labute approximate surface area is 202 Å². The predicted octanol–water partition coefficient (Wildman–Crippen LogP) is 5.25. The summed E-state index contributed by atoms with van der Waals surface area (Å²) in [4.78, 5) is 19.1. The number of nitrogens with zero attached hydrogens (tertiary/aromatic N) is 3. The molecule has 2 saturated heterocycles. The lowest BCUT2D eigenvalue weighted by molar-refractivity contribution is -0.187. The zero-order valence-corrected chi connectivity index (χ0v) is 20.6. The van der Waals surface area contributed by atoms with Crippen molar-refractivity contribution >= 4 is 30.7 Å². The molecule has 0 saturated carbocycles. The zero-order chi connectivity index (χ0) is 21.7. The van der Waals surface area contributed by atoms with E-state index in [1.807, 2.05) is 34.1 Å². The number of alkyl halides is 3. The molecule has 1 unspecified atom stereocenters. The highest BCUT2D eigenvalue weighted by Gasteiger charge is 2.41. The average molecular weight is 498 g/mol. The third-order valence-electron chi connectivity index (χ3n) is 6.64. The van der Waals surface area contributed by atoms with Crippen LogP contribution in [0.2, 0.25) is 0 Å². The third kappa shape index (κ3) is 7.51. The first-order chi connectivity index (χ1) is 14.3. The maximum atomic E-state index is 13.0. The molecule has 0 bridgehead atoms. The fourth-order valence-corrected chi connectivity index (χ4v) is 4.76. The van der Waals surface area contributed by atoms with Gasteiger partial charge in [0.2, 0.25) is 0 Å². The molecule has 1 amide bonds. The highest BCUT2D eigenvalue weighted by molar-refractivity contribution is 5.94. The second-order valence-corrected chi connectivity index (χ2v) is 8.61. The Kier molecular flexibility index (Phi) is 11.8. The highest BCUT2D eigenvalue weighted by Crippen LogP contribution is 2.33. The van der Waals surface area contributed by atoms with E-state index in [9.17, 15) is 18.0 Å². The molecule has 0 aliphatic carbocycles. The molecular weight excluding hydrogens is 462 g/mol. The number of rotatable bonds is 6. The van der Waals surface area contributed by atoms with E-state index in [4.69, 9.17) is 0 Å². The van der Waals surface area contributed by atoms with Crippen LogP contribution in [0.15, 0.2) is 24.3 Å². The van der Waals surface area contributed by atoms with Crippen molar-refractivity contribution in [2.45, 2.75) is 58.3 Å². The summed E-state index contributed by atoms with van der Waals surface area (Å²) < 4.78 is 39.0. The summed E-state index contributed by atoms with van der Waals surface area (Å²) in [5.74, 6) is -1.19. The van der Waals surface area contributed by atoms with Gasteiger partial charge in [0.25, 0.3) is 5.91 Å². The SMILES string of the molecule is CCC(CC)N1CCN(C(=O)c2ccc(CN3CCCC(C(F)(F)F)C3)cc2)CC1.Cl.Cl. The van der Waals surface area contributed by atoms with Crippen LogP contribution in [0.25, 0.3) is 0 Å². The molecule has 2 heterocycles. The van der Waals surface area contributed by atoms with E-state index in [2.05, 4.69) is 18.7 Å². The number of likely N-dealkylation sites (tertiary alicyclic amines) is 1. The summed E-state index contributed by atoms with van der Waals surface area (Å²) in [5, 5.41) is 0. The molecule has 1 atom stereocenters. The first-order valence-electron chi connectivity index (χ1n) is 11.2. The van der Waals surface area contributed by atoms with Gasteiger partial charge in [-0.3, -0.25) is 14.6 Å². The van der Waals surface area contributed by atoms with E-state index in [1.54, 1.807) is 0 Å². The van der Waals surface area contributed by atoms with Crippen molar-refractivity contribution in [3.05, 3.63) is 35.4 Å². The van der Waals surface area contributed by atoms with Crippen LogP contribution in [0, 0.1) is 5.92 Å². The van der Waals surface area contributed by atoms with Crippen LogP contribution in [0.1, 0.15) is 55.5 Å². The molecule has 32 heavy (non-hydrogen) atoms. The minimum Gasteiger partial charge on any atom is -0.336 e. The second kappa shape index (κ2) is 13.0. The van der Waals surface area contributed by atoms with Crippen LogP contribution in [-0.4, -0.2) is 72.1 Å². The fourth-order valence-electron chi connectivity index (χ4n) is 4.76. The number of amides is 1. The van der Waals surface area contributed by atoms with Crippen molar-refractivity contribution in [1.29, 1.82) is 0 Å². The van der Waals surface area contributed by atoms with E-state index in [0.29, 0.717) is 31.1 Å². The van der Waals surface area contributed by atoms with Crippen LogP contribution in [0.5, 0.6) is 0 Å². The lowest BCUT2D eigenvalue weighted by atomic mass is 9.97. The van der Waals surface area contributed by atoms with Crippen LogP contribution in [0.4, 0.5) is 13.2 Å². The molecule has 1 aromatic rings. The van der Waals surface area contributed by atoms with Crippen molar-refractivity contribution < 1.29 is 18.0 Å². The number of carbonyl (C=O) groups is 1. The first kappa shape index (κ1) is 29.0. The summed E-state index contributed by atoms with van der Waals surface area (Å²) in [6, 6.07) is 7.98. The predicted molar refractivity (Wildman–Crippen MR) is 127 cm³/mol. The summed E-state index contributed by atoms with van der Waals surface area (Å²) in [5.41, 5.74) is 1.61. The summed E-state index contributed by atoms with van der Waals surface area (Å²) in [6.07, 6.45) is -1.06. The molecule has 0 aromatic heterocycles. The van der Waals surface area contributed by atoms with E-state index in [-0.39, 0.29) is 43.7 Å². The van der Waals surface area contributed by atoms with Gasteiger partial charge in [-0.1, -0.05) is 26.0 Å². The Morgan fingerprint density at radius 1 is 1.00 bits per heavy atom. The summed E-state index contributed by atoms with van der Waals surface area (Å²) in [7, 11) is 0. The molecule has 0 N–H and O–H groups in total. The van der Waals surface area contributed by atoms with Gasteiger partial charge < -0.3 is 4.90 Å². The largest absolute Gasteiger partial charge is 0.393 e. The number of piperidine rings is 1. The molecular formula is C23H36Cl2F3N3O. The van der Waals surface area contributed by atoms with Crippen LogP contribution in [0.3, 0.4) is 0 Å². The van der Waals surface area contributed by atoms with E-state index < -0.39 is 12.1 Å². The smallest absolute Gasteiger partial charge is 0.336 e. The fraction of sp³-hybridized carbons (Fsp3) is 0.696. The molecule has 3 rings (SSSR count). The Morgan fingerprint density at radius 3 is 2.12 bits per heavy atom. The second-order valence-electron chi connectivity index (χ2n) is 8.61. The molecule has 1 aromatic carbocycles. The van der Waals surface area contributed by atoms with Gasteiger partial charge in [0.05, 0.1) is 5.92 Å². The quantitative estimate of drug-likeness (QED) is 0.536. The van der Waals surface area contributed by atoms with E-state index >= 15 is 0 Å². The van der Waals surface area contributed by atoms with Crippen LogP contribution >= 0.6 is 24.8 Å². The van der Waals surface area contributed by atoms with Crippen molar-refractivity contribution in [3.8, 4) is 0 Å². The molecule has 0 radical (unpaired) electrons. The highest BCUT2D eigenvalue weighted by atomic mass is 35.5. The zero-order valence-electron chi connectivity index (χ0n) is 18.9. The number of benzene rings is 1. The molecule has 2 fully saturated rings. The Bertz CT molecular complexity index is 691. The molecule has 184 valence electrons. The van der Waals surface area contributed by atoms with Crippen molar-refractivity contribution in [2.75, 3.05) is 39.3 Å². The topological polar surface area (TPSA) is 26.8 Å². The molecule has 0 spiro atoms. The average Bonchev–Trinajstić information content (AvgIpc) is 2.75. The minimum absolute atomic E-state index is 0. The van der Waals surface area contributed by atoms with Gasteiger partial charge in [0.15, 0.2) is 0 Å². The number of halogens is 5. The van der Waals surface area contributed by atoms with Crippen molar-refractivity contribution in [2.24, 2.45) is 5.92 Å². The maximum Gasteiger partial charge on any atom is 0.393 e. The van der Waals surface area contributed by atoms with E-state index in [0.717, 1.165) is 44.6 Å². The van der Waals surface area contributed by atoms with Crippen LogP contribution in [-0.2, 0) is 6.54 Å². The van der Waals surface area contributed by atoms with Gasteiger partial charge >= 0.3 is 6.18 Å². The Balaban J connectivity index is 0.00000256. The number of hydrogen-bond acceptors (Lipinski definition) is 3. The molecule has 2 aliphatic rings. The van der Waals surface area contributed by atoms with Gasteiger partial charge in [-0.05, 0) is 49.9 Å². The first-order valence-corrected chi connectivity index (χ1v) is 11.2. The van der Waals surface area contributed by atoms with Gasteiger partial charge in [-0.25, -0.2) is 0 Å². The number of piperazine rings is 1. The van der Waals surface area contributed by atoms with Crippen LogP contribution < -0.4 is 0 Å². The van der Waals surface area contributed by atoms with Gasteiger partial charge in [0.1, 0.15) is 0 Å². The van der Waals surface area contributed by atoms with Crippen molar-refractivity contribution in [3.63, 3.8) is 0 Å². The normalized spacial score (nSPS) is 20.6. The summed E-state index contributed by atoms with van der Waals surface area (Å²) >= 11 is 0. The Hall–Kier alpha value is -1.02. The molecule has 2 aliphatic heterocycles. The van der Waals surface area contributed by atoms with Gasteiger partial charge in [-0.15, -0.1) is 24.8 Å². The van der Waals surface area contributed by atoms with Gasteiger partial charge in [0, 0.05) is 50.9 Å². The number of hydrogen-bond donors (Lipinski definition) is 0. The maximum absolute atomic E-state index is 13.0. The number of carbonyl (C=O) groups excluding carboxylic acids is 1. The van der Waals surface area contributed by atoms with Gasteiger partial charge in [-0.2, -0.15) is 13.2 Å². The third-order valence-corrected chi connectivity index (χ3v) is 6.64. The molecule has 4 nitrogen and oxygen atoms in total. The minimum atomic E-state index is -4.12.